The van der Waals surface area contributed by atoms with E-state index in [1.54, 1.807) is 42.8 Å². The molecule has 166 valence electrons. The first kappa shape index (κ1) is 21.6. The number of imidazole rings is 1. The van der Waals surface area contributed by atoms with Crippen LogP contribution in [-0.4, -0.2) is 45.0 Å². The molecule has 0 amide bonds. The number of rotatable bonds is 7. The van der Waals surface area contributed by atoms with Gasteiger partial charge in [-0.1, -0.05) is 28.5 Å². The summed E-state index contributed by atoms with van der Waals surface area (Å²) in [4.78, 5) is 6.48. The van der Waals surface area contributed by atoms with Crippen LogP contribution in [-0.2, 0) is 22.9 Å². The van der Waals surface area contributed by atoms with Crippen molar-refractivity contribution in [2.45, 2.75) is 63.2 Å². The molecule has 31 heavy (non-hydrogen) atoms. The third-order valence-electron chi connectivity index (χ3n) is 5.79. The van der Waals surface area contributed by atoms with E-state index in [9.17, 15) is 12.8 Å². The van der Waals surface area contributed by atoms with Gasteiger partial charge < -0.3 is 4.57 Å². The van der Waals surface area contributed by atoms with Gasteiger partial charge in [0.1, 0.15) is 17.2 Å². The Bertz CT molecular complexity index is 1170. The van der Waals surface area contributed by atoms with Gasteiger partial charge in [-0.15, -0.1) is 0 Å². The molecule has 1 aliphatic heterocycles. The summed E-state index contributed by atoms with van der Waals surface area (Å²) in [5, 5.41) is 7.29. The minimum Gasteiger partial charge on any atom is -0.313 e. The van der Waals surface area contributed by atoms with Crippen LogP contribution in [0.1, 0.15) is 55.4 Å². The Morgan fingerprint density at radius 2 is 2.00 bits per heavy atom. The zero-order valence-corrected chi connectivity index (χ0v) is 18.6. The summed E-state index contributed by atoms with van der Waals surface area (Å²) in [6, 6.07) is 6.42. The summed E-state index contributed by atoms with van der Waals surface area (Å²) in [5.41, 5.74) is 2.67. The van der Waals surface area contributed by atoms with Gasteiger partial charge in [0.15, 0.2) is 0 Å². The van der Waals surface area contributed by atoms with Crippen LogP contribution in [0.5, 0.6) is 0 Å². The van der Waals surface area contributed by atoms with E-state index in [-0.39, 0.29) is 23.6 Å². The highest BCUT2D eigenvalue weighted by Gasteiger charge is 2.33. The first-order chi connectivity index (χ1) is 14.8. The average molecular weight is 448 g/mol. The Kier molecular flexibility index (Phi) is 5.94. The van der Waals surface area contributed by atoms with E-state index in [1.165, 1.54) is 6.07 Å². The highest BCUT2D eigenvalue weighted by Crippen LogP contribution is 2.34. The van der Waals surface area contributed by atoms with Gasteiger partial charge in [-0.25, -0.2) is 22.4 Å². The van der Waals surface area contributed by atoms with E-state index < -0.39 is 15.1 Å². The van der Waals surface area contributed by atoms with Crippen LogP contribution in [0.15, 0.2) is 40.2 Å². The molecule has 3 aromatic rings. The normalized spacial score (nSPS) is 17.6. The smallest absolute Gasteiger partial charge is 0.228 e. The van der Waals surface area contributed by atoms with Crippen molar-refractivity contribution in [2.24, 2.45) is 0 Å². The second-order valence-corrected chi connectivity index (χ2v) is 10.6. The Morgan fingerprint density at radius 1 is 1.23 bits per heavy atom. The van der Waals surface area contributed by atoms with Crippen molar-refractivity contribution >= 4 is 9.84 Å². The molecule has 4 rings (SSSR count). The molecular weight excluding hydrogens is 421 g/mol. The maximum atomic E-state index is 14.4. The van der Waals surface area contributed by atoms with Gasteiger partial charge in [0, 0.05) is 12.1 Å². The van der Waals surface area contributed by atoms with Gasteiger partial charge in [0.2, 0.25) is 15.0 Å². The topological polar surface area (TPSA) is 94.1 Å². The van der Waals surface area contributed by atoms with E-state index >= 15 is 0 Å². The van der Waals surface area contributed by atoms with Gasteiger partial charge in [-0.05, 0) is 46.2 Å². The molecule has 0 bridgehead atoms. The first-order valence-electron chi connectivity index (χ1n) is 10.3. The molecule has 0 spiro atoms. The lowest BCUT2D eigenvalue weighted by Gasteiger charge is -2.24. The maximum absolute atomic E-state index is 14.4. The Labute approximate surface area is 181 Å². The van der Waals surface area contributed by atoms with Gasteiger partial charge >= 0.3 is 0 Å². The van der Waals surface area contributed by atoms with Crippen LogP contribution >= 0.6 is 0 Å². The fraction of sp³-hybridized carbons (Fsp3) is 0.476. The summed E-state index contributed by atoms with van der Waals surface area (Å²) in [6.45, 7) is 6.48. The summed E-state index contributed by atoms with van der Waals surface area (Å²) < 4.78 is 46.8. The van der Waals surface area contributed by atoms with E-state index in [2.05, 4.69) is 20.2 Å². The fourth-order valence-electron chi connectivity index (χ4n) is 4.00. The molecule has 2 aromatic heterocycles. The van der Waals surface area contributed by atoms with Gasteiger partial charge in [-0.3, -0.25) is 4.90 Å². The number of hydrogen-bond acceptors (Lipinski definition) is 7. The summed E-state index contributed by atoms with van der Waals surface area (Å²) >= 11 is 0. The standard InChI is InChI=1S/C21H26FN5O3S/c1-14(2)31(28,29)21-23-11-17(27(21)12-16-7-4-5-8-18(16)22)13-26-10-6-9-19(26)20-15(3)24-30-25-20/h4-5,7-8,11,14,19H,6,9-10,12-13H2,1-3H3. The largest absolute Gasteiger partial charge is 0.313 e. The number of likely N-dealkylation sites (tertiary alicyclic amines) is 1. The molecule has 1 aromatic carbocycles. The molecule has 0 saturated carbocycles. The maximum Gasteiger partial charge on any atom is 0.228 e. The number of aromatic nitrogens is 4. The van der Waals surface area contributed by atoms with Crippen molar-refractivity contribution < 1.29 is 17.4 Å². The number of halogens is 1. The molecule has 0 N–H and O–H groups in total. The lowest BCUT2D eigenvalue weighted by Crippen LogP contribution is -2.26. The Morgan fingerprint density at radius 3 is 2.68 bits per heavy atom. The van der Waals surface area contributed by atoms with E-state index in [1.807, 2.05) is 6.92 Å². The molecule has 1 fully saturated rings. The van der Waals surface area contributed by atoms with Gasteiger partial charge in [0.25, 0.3) is 0 Å². The van der Waals surface area contributed by atoms with Crippen LogP contribution in [0.2, 0.25) is 0 Å². The third kappa shape index (κ3) is 4.14. The van der Waals surface area contributed by atoms with Crippen LogP contribution in [0.3, 0.4) is 0 Å². The van der Waals surface area contributed by atoms with Crippen molar-refractivity contribution in [1.29, 1.82) is 0 Å². The molecule has 0 aliphatic carbocycles. The molecule has 3 heterocycles. The third-order valence-corrected chi connectivity index (χ3v) is 7.87. The molecular formula is C21H26FN5O3S. The SMILES string of the molecule is Cc1nonc1C1CCCN1Cc1cnc(S(=O)(=O)C(C)C)n1Cc1ccccc1F. The van der Waals surface area contributed by atoms with Crippen LogP contribution in [0, 0.1) is 12.7 Å². The zero-order chi connectivity index (χ0) is 22.2. The summed E-state index contributed by atoms with van der Waals surface area (Å²) in [7, 11) is -3.64. The predicted octanol–water partition coefficient (Wildman–Crippen LogP) is 3.28. The van der Waals surface area contributed by atoms with Crippen LogP contribution < -0.4 is 0 Å². The lowest BCUT2D eigenvalue weighted by atomic mass is 10.1. The zero-order valence-electron chi connectivity index (χ0n) is 17.8. The molecule has 1 saturated heterocycles. The molecule has 10 heteroatoms. The first-order valence-corrected chi connectivity index (χ1v) is 11.9. The van der Waals surface area contributed by atoms with Crippen molar-refractivity contribution in [1.82, 2.24) is 24.8 Å². The number of benzene rings is 1. The number of aryl methyl sites for hydroxylation is 1. The quantitative estimate of drug-likeness (QED) is 0.549. The van der Waals surface area contributed by atoms with E-state index in [0.29, 0.717) is 17.8 Å². The van der Waals surface area contributed by atoms with Gasteiger partial charge in [-0.2, -0.15) is 0 Å². The lowest BCUT2D eigenvalue weighted by molar-refractivity contribution is 0.226. The van der Waals surface area contributed by atoms with E-state index in [4.69, 9.17) is 4.63 Å². The molecule has 1 aliphatic rings. The molecule has 8 nitrogen and oxygen atoms in total. The monoisotopic (exact) mass is 447 g/mol. The summed E-state index contributed by atoms with van der Waals surface area (Å²) in [6.07, 6.45) is 3.47. The van der Waals surface area contributed by atoms with E-state index in [0.717, 1.165) is 30.8 Å². The predicted molar refractivity (Wildman–Crippen MR) is 111 cm³/mol. The van der Waals surface area contributed by atoms with Crippen molar-refractivity contribution in [3.8, 4) is 0 Å². The number of sulfone groups is 1. The Balaban J connectivity index is 1.71. The minimum atomic E-state index is -3.64. The highest BCUT2D eigenvalue weighted by atomic mass is 32.2. The molecule has 1 atom stereocenters. The minimum absolute atomic E-state index is 0.0317. The highest BCUT2D eigenvalue weighted by molar-refractivity contribution is 7.91. The second-order valence-electron chi connectivity index (χ2n) is 8.17. The average Bonchev–Trinajstić information content (AvgIpc) is 3.44. The summed E-state index contributed by atoms with van der Waals surface area (Å²) in [5.74, 6) is -0.376. The van der Waals surface area contributed by atoms with Crippen molar-refractivity contribution in [2.75, 3.05) is 6.54 Å². The Hall–Kier alpha value is -2.59. The van der Waals surface area contributed by atoms with Crippen molar-refractivity contribution in [3.05, 3.63) is 58.9 Å². The molecule has 0 radical (unpaired) electrons. The second kappa shape index (κ2) is 8.51. The van der Waals surface area contributed by atoms with Gasteiger partial charge in [0.05, 0.1) is 29.7 Å². The van der Waals surface area contributed by atoms with Crippen LogP contribution in [0.25, 0.3) is 0 Å². The molecule has 1 unspecified atom stereocenters. The number of nitrogens with zero attached hydrogens (tertiary/aromatic N) is 5. The fourth-order valence-corrected chi connectivity index (χ4v) is 5.11. The number of hydrogen-bond donors (Lipinski definition) is 0. The van der Waals surface area contributed by atoms with Crippen LogP contribution in [0.4, 0.5) is 4.39 Å². The van der Waals surface area contributed by atoms with Crippen molar-refractivity contribution in [3.63, 3.8) is 0 Å².